The topological polar surface area (TPSA) is 25.8 Å². The van der Waals surface area contributed by atoms with Gasteiger partial charge in [0.2, 0.25) is 0 Å². The first-order valence-electron chi connectivity index (χ1n) is 12.6. The van der Waals surface area contributed by atoms with Crippen molar-refractivity contribution < 1.29 is 34.1 Å². The molecule has 0 spiro atoms. The Morgan fingerprint density at radius 1 is 0.649 bits per heavy atom. The minimum Gasteiger partial charge on any atom is -0.295 e. The molecule has 0 aliphatic rings. The van der Waals surface area contributed by atoms with Gasteiger partial charge in [0.05, 0.1) is 0 Å². The molecule has 7 heteroatoms. The zero-order valence-electron chi connectivity index (χ0n) is 23.6. The van der Waals surface area contributed by atoms with Crippen LogP contribution in [0, 0.1) is 11.1 Å². The van der Waals surface area contributed by atoms with Crippen LogP contribution in [-0.2, 0) is 34.1 Å². The van der Waals surface area contributed by atoms with Gasteiger partial charge in [-0.1, -0.05) is 123 Å². The smallest absolute Gasteiger partial charge is 0.295 e. The number of benzene rings is 2. The molecule has 0 fully saturated rings. The summed E-state index contributed by atoms with van der Waals surface area (Å²) in [6.07, 6.45) is 4.01. The van der Waals surface area contributed by atoms with Crippen molar-refractivity contribution in [1.29, 1.82) is 0 Å². The van der Waals surface area contributed by atoms with Gasteiger partial charge in [0.15, 0.2) is 0 Å². The van der Waals surface area contributed by atoms with E-state index in [1.165, 1.54) is 39.2 Å². The average molecular weight is 641 g/mol. The van der Waals surface area contributed by atoms with E-state index in [1.54, 1.807) is 5.16 Å². The predicted octanol–water partition coefficient (Wildman–Crippen LogP) is 8.84. The molecule has 0 atom stereocenters. The number of hydrogen-bond acceptors (Lipinski definition) is 2. The Morgan fingerprint density at radius 2 is 1.03 bits per heavy atom. The van der Waals surface area contributed by atoms with Gasteiger partial charge < -0.3 is 0 Å². The number of nitrogens with zero attached hydrogens (tertiary/aromatic N) is 2. The monoisotopic (exact) mass is 639 g/mol. The number of pyridine rings is 2. The standard InChI is InChI=1S/C16H24NSi2.C14H17NSi.2Cu/c1-18(2,3)16(19(4,5)6)15-11-13-9-7-8-10-14(13)12-17-15;1-11(10-16(2)3)14-8-12-6-4-5-7-13(12)9-15-14;;/h7-12H,1-6H3;4-9H,10H2,1-3H3;;/q2*-1;2*+1. The largest absolute Gasteiger partial charge is 1.00 e. The summed E-state index contributed by atoms with van der Waals surface area (Å²) >= 11 is 0. The molecule has 0 aliphatic heterocycles. The molecule has 0 unspecified atom stereocenters. The van der Waals surface area contributed by atoms with E-state index in [2.05, 4.69) is 125 Å². The van der Waals surface area contributed by atoms with Gasteiger partial charge in [-0.3, -0.25) is 9.97 Å². The first kappa shape index (κ1) is 33.7. The summed E-state index contributed by atoms with van der Waals surface area (Å²) in [5, 5.41) is 6.73. The van der Waals surface area contributed by atoms with Gasteiger partial charge in [-0.05, 0) is 26.9 Å². The number of fused-ring (bicyclic) bond motifs is 2. The summed E-state index contributed by atoms with van der Waals surface area (Å²) in [6, 6.07) is 22.6. The van der Waals surface area contributed by atoms with E-state index in [0.717, 1.165) is 5.69 Å². The van der Waals surface area contributed by atoms with Crippen molar-refractivity contribution in [3.63, 3.8) is 0 Å². The predicted molar refractivity (Wildman–Crippen MR) is 163 cm³/mol. The molecule has 2 aromatic carbocycles. The molecule has 2 heterocycles. The van der Waals surface area contributed by atoms with Crippen molar-refractivity contribution in [1.82, 2.24) is 9.97 Å². The Hall–Kier alpha value is -1.31. The molecule has 1 radical (unpaired) electrons. The molecule has 37 heavy (non-hydrogen) atoms. The molecule has 2 nitrogen and oxygen atoms in total. The van der Waals surface area contributed by atoms with Crippen LogP contribution in [0.25, 0.3) is 21.5 Å². The van der Waals surface area contributed by atoms with Crippen LogP contribution in [0.15, 0.2) is 73.1 Å². The summed E-state index contributed by atoms with van der Waals surface area (Å²) in [5.41, 5.74) is 2.40. The van der Waals surface area contributed by atoms with Crippen LogP contribution < -0.4 is 0 Å². The minimum atomic E-state index is -1.33. The molecule has 0 saturated carbocycles. The Balaban J connectivity index is 0.000000355. The zero-order chi connectivity index (χ0) is 25.8. The fourth-order valence-corrected chi connectivity index (χ4v) is 17.1. The van der Waals surface area contributed by atoms with Crippen molar-refractivity contribution in [2.24, 2.45) is 0 Å². The summed E-state index contributed by atoms with van der Waals surface area (Å²) in [4.78, 5) is 9.31. The van der Waals surface area contributed by atoms with E-state index < -0.39 is 16.1 Å². The maximum absolute atomic E-state index is 4.77. The molecule has 0 bridgehead atoms. The van der Waals surface area contributed by atoms with E-state index in [9.17, 15) is 0 Å². The van der Waals surface area contributed by atoms with Crippen LogP contribution >= 0.6 is 0 Å². The van der Waals surface area contributed by atoms with Crippen LogP contribution in [0.1, 0.15) is 18.3 Å². The Kier molecular flexibility index (Phi) is 12.9. The first-order chi connectivity index (χ1) is 16.4. The van der Waals surface area contributed by atoms with E-state index in [4.69, 9.17) is 4.98 Å². The molecule has 0 N–H and O–H groups in total. The third-order valence-corrected chi connectivity index (χ3v) is 15.3. The van der Waals surface area contributed by atoms with Crippen LogP contribution in [-0.4, -0.2) is 34.9 Å². The summed E-state index contributed by atoms with van der Waals surface area (Å²) in [7, 11) is -2.88. The third kappa shape index (κ3) is 9.43. The van der Waals surface area contributed by atoms with Crippen molar-refractivity contribution in [3.05, 3.63) is 95.5 Å². The Labute approximate surface area is 250 Å². The number of rotatable bonds is 6. The van der Waals surface area contributed by atoms with Crippen molar-refractivity contribution >= 4 is 46.5 Å². The summed E-state index contributed by atoms with van der Waals surface area (Å²) in [6.45, 7) is 21.5. The third-order valence-electron chi connectivity index (χ3n) is 6.07. The molecule has 205 valence electrons. The average Bonchev–Trinajstić information content (AvgIpc) is 2.77. The molecular formula is C30H41Cu2N2Si3. The zero-order valence-corrected chi connectivity index (χ0v) is 28.5. The molecular weight excluding hydrogens is 600 g/mol. The second-order valence-corrected chi connectivity index (χ2v) is 25.1. The molecule has 0 saturated heterocycles. The van der Waals surface area contributed by atoms with Crippen molar-refractivity contribution in [2.45, 2.75) is 65.3 Å². The minimum absolute atomic E-state index is 0. The van der Waals surface area contributed by atoms with Crippen LogP contribution in [0.4, 0.5) is 0 Å². The normalized spacial score (nSPS) is 11.3. The van der Waals surface area contributed by atoms with Gasteiger partial charge in [-0.25, -0.2) is 0 Å². The van der Waals surface area contributed by atoms with Gasteiger partial charge in [-0.15, -0.1) is 13.0 Å². The van der Waals surface area contributed by atoms with E-state index in [1.807, 2.05) is 12.4 Å². The number of hydrogen-bond donors (Lipinski definition) is 0. The van der Waals surface area contributed by atoms with Gasteiger partial charge >= 0.3 is 34.1 Å². The van der Waals surface area contributed by atoms with E-state index >= 15 is 0 Å². The molecule has 0 amide bonds. The van der Waals surface area contributed by atoms with Crippen LogP contribution in [0.2, 0.25) is 58.4 Å². The molecule has 0 aliphatic carbocycles. The molecule has 4 aromatic rings. The second-order valence-electron chi connectivity index (χ2n) is 11.9. The molecule has 2 aromatic heterocycles. The van der Waals surface area contributed by atoms with Crippen molar-refractivity contribution in [3.8, 4) is 0 Å². The van der Waals surface area contributed by atoms with Crippen molar-refractivity contribution in [2.75, 3.05) is 0 Å². The second kappa shape index (κ2) is 14.2. The van der Waals surface area contributed by atoms with Crippen LogP contribution in [0.5, 0.6) is 0 Å². The fourth-order valence-electron chi connectivity index (χ4n) is 5.05. The number of aromatic nitrogens is 2. The maximum atomic E-state index is 4.77. The van der Waals surface area contributed by atoms with E-state index in [-0.39, 0.29) is 42.9 Å². The molecule has 4 rings (SSSR count). The SMILES string of the molecule is C[C-](C[Si](C)C)c1cc2ccccc2cn1.C[Si](C)(C)[C-](c1cc2ccccc2cn1)[Si](C)(C)C.[Cu+].[Cu+]. The first-order valence-corrected chi connectivity index (χ1v) is 22.3. The van der Waals surface area contributed by atoms with E-state index in [0.29, 0.717) is 0 Å². The van der Waals surface area contributed by atoms with Gasteiger partial charge in [-0.2, -0.15) is 23.2 Å². The van der Waals surface area contributed by atoms with Gasteiger partial charge in [0.25, 0.3) is 0 Å². The van der Waals surface area contributed by atoms with Crippen LogP contribution in [0.3, 0.4) is 0 Å². The maximum Gasteiger partial charge on any atom is 1.00 e. The van der Waals surface area contributed by atoms with Gasteiger partial charge in [0, 0.05) is 21.2 Å². The quantitative estimate of drug-likeness (QED) is 0.155. The summed E-state index contributed by atoms with van der Waals surface area (Å²) in [5.74, 6) is 1.42. The Bertz CT molecular complexity index is 1250. The summed E-state index contributed by atoms with van der Waals surface area (Å²) < 4.78 is 0. The fraction of sp³-hybridized carbons (Fsp3) is 0.333. The Morgan fingerprint density at radius 3 is 1.43 bits per heavy atom. The van der Waals surface area contributed by atoms with Gasteiger partial charge in [0.1, 0.15) is 0 Å².